The molecule has 1 aromatic carbocycles. The monoisotopic (exact) mass is 209 g/mol. The number of rotatable bonds is 0. The molecule has 14 heavy (non-hydrogen) atoms. The molecular weight excluding hydrogens is 198 g/mol. The molecule has 3 rings (SSSR count). The highest BCUT2D eigenvalue weighted by molar-refractivity contribution is 7.93. The minimum absolute atomic E-state index is 0.183. The highest BCUT2D eigenvalue weighted by atomic mass is 32.2. The molecule has 1 aliphatic heterocycles. The smallest absolute Gasteiger partial charge is 0.236 e. The van der Waals surface area contributed by atoms with E-state index in [2.05, 4.69) is 4.72 Å². The molecule has 1 aromatic rings. The van der Waals surface area contributed by atoms with Crippen LogP contribution in [0.25, 0.3) is 0 Å². The van der Waals surface area contributed by atoms with Gasteiger partial charge in [-0.05, 0) is 24.5 Å². The van der Waals surface area contributed by atoms with E-state index in [1.54, 1.807) is 0 Å². The number of sulfonamides is 1. The quantitative estimate of drug-likeness (QED) is 0.706. The number of benzene rings is 1. The average molecular weight is 209 g/mol. The minimum atomic E-state index is -3.09. The predicted octanol–water partition coefficient (Wildman–Crippen LogP) is 1.69. The Morgan fingerprint density at radius 2 is 2.00 bits per heavy atom. The third-order valence-electron chi connectivity index (χ3n) is 3.22. The highest BCUT2D eigenvalue weighted by Crippen LogP contribution is 2.47. The van der Waals surface area contributed by atoms with Crippen molar-refractivity contribution in [2.24, 2.45) is 0 Å². The minimum Gasteiger partial charge on any atom is -0.283 e. The van der Waals surface area contributed by atoms with E-state index in [1.165, 1.54) is 5.56 Å². The Morgan fingerprint density at radius 3 is 2.71 bits per heavy atom. The lowest BCUT2D eigenvalue weighted by atomic mass is 9.78. The second-order valence-corrected chi connectivity index (χ2v) is 5.86. The van der Waals surface area contributed by atoms with Crippen molar-refractivity contribution >= 4 is 15.7 Å². The molecule has 2 atom stereocenters. The fraction of sp³-hybridized carbons (Fsp3) is 0.400. The molecule has 0 amide bonds. The molecule has 1 fully saturated rings. The molecule has 2 aliphatic rings. The standard InChI is InChI=1S/C10H11NO2S/c12-14(13)10-6-5-8(10)7-3-1-2-4-9(7)11-14/h1-4,8,10-11H,5-6H2/t8?,10-/m1/s1. The zero-order chi connectivity index (χ0) is 9.76. The van der Waals surface area contributed by atoms with Gasteiger partial charge in [0.05, 0.1) is 10.9 Å². The van der Waals surface area contributed by atoms with E-state index < -0.39 is 10.0 Å². The van der Waals surface area contributed by atoms with E-state index in [-0.39, 0.29) is 11.2 Å². The Hall–Kier alpha value is -1.03. The van der Waals surface area contributed by atoms with Gasteiger partial charge in [-0.3, -0.25) is 4.72 Å². The van der Waals surface area contributed by atoms with Crippen LogP contribution >= 0.6 is 0 Å². The fourth-order valence-corrected chi connectivity index (χ4v) is 4.14. The molecule has 1 heterocycles. The first kappa shape index (κ1) is 8.29. The molecule has 0 spiro atoms. The van der Waals surface area contributed by atoms with Gasteiger partial charge < -0.3 is 0 Å². The van der Waals surface area contributed by atoms with Crippen molar-refractivity contribution in [2.75, 3.05) is 4.72 Å². The van der Waals surface area contributed by atoms with Gasteiger partial charge in [0.2, 0.25) is 10.0 Å². The zero-order valence-electron chi connectivity index (χ0n) is 7.60. The summed E-state index contributed by atoms with van der Waals surface area (Å²) in [5.74, 6) is 0.234. The van der Waals surface area contributed by atoms with Crippen LogP contribution in [-0.2, 0) is 10.0 Å². The van der Waals surface area contributed by atoms with Crippen LogP contribution in [-0.4, -0.2) is 13.7 Å². The molecule has 0 saturated heterocycles. The molecule has 0 bridgehead atoms. The molecular formula is C10H11NO2S. The van der Waals surface area contributed by atoms with Gasteiger partial charge in [-0.25, -0.2) is 8.42 Å². The highest BCUT2D eigenvalue weighted by Gasteiger charge is 2.45. The molecule has 3 nitrogen and oxygen atoms in total. The zero-order valence-corrected chi connectivity index (χ0v) is 8.42. The summed E-state index contributed by atoms with van der Waals surface area (Å²) in [6.45, 7) is 0. The lowest BCUT2D eigenvalue weighted by molar-refractivity contribution is 0.408. The molecule has 1 aliphatic carbocycles. The Labute approximate surface area is 83.2 Å². The largest absolute Gasteiger partial charge is 0.283 e. The van der Waals surface area contributed by atoms with E-state index in [9.17, 15) is 8.42 Å². The lowest BCUT2D eigenvalue weighted by Gasteiger charge is -2.41. The van der Waals surface area contributed by atoms with Crippen LogP contribution < -0.4 is 4.72 Å². The first-order valence-corrected chi connectivity index (χ1v) is 6.34. The predicted molar refractivity (Wildman–Crippen MR) is 54.7 cm³/mol. The fourth-order valence-electron chi connectivity index (χ4n) is 2.34. The van der Waals surface area contributed by atoms with Crippen LogP contribution in [0.2, 0.25) is 0 Å². The van der Waals surface area contributed by atoms with Crippen molar-refractivity contribution in [3.8, 4) is 0 Å². The summed E-state index contributed by atoms with van der Waals surface area (Å²) in [5.41, 5.74) is 1.94. The molecule has 0 aromatic heterocycles. The second kappa shape index (κ2) is 2.51. The summed E-state index contributed by atoms with van der Waals surface area (Å²) in [6, 6.07) is 7.68. The SMILES string of the molecule is O=S1(=O)Nc2ccccc2C2CC[C@H]21. The van der Waals surface area contributed by atoms with Crippen LogP contribution in [0.15, 0.2) is 24.3 Å². The van der Waals surface area contributed by atoms with Crippen LogP contribution in [0, 0.1) is 0 Å². The second-order valence-electron chi connectivity index (χ2n) is 3.96. The molecule has 74 valence electrons. The number of hydrogen-bond acceptors (Lipinski definition) is 2. The summed E-state index contributed by atoms with van der Waals surface area (Å²) < 4.78 is 26.0. The number of nitrogens with one attached hydrogen (secondary N) is 1. The van der Waals surface area contributed by atoms with Gasteiger partial charge in [-0.15, -0.1) is 0 Å². The third-order valence-corrected chi connectivity index (χ3v) is 5.09. The van der Waals surface area contributed by atoms with Crippen molar-refractivity contribution < 1.29 is 8.42 Å². The van der Waals surface area contributed by atoms with Crippen molar-refractivity contribution in [2.45, 2.75) is 24.0 Å². The average Bonchev–Trinajstić information content (AvgIpc) is 2.03. The van der Waals surface area contributed by atoms with Crippen LogP contribution in [0.4, 0.5) is 5.69 Å². The Balaban J connectivity index is 2.19. The summed E-state index contributed by atoms with van der Waals surface area (Å²) in [6.07, 6.45) is 1.80. The number of anilines is 1. The van der Waals surface area contributed by atoms with Gasteiger partial charge >= 0.3 is 0 Å². The van der Waals surface area contributed by atoms with Gasteiger partial charge in [0.15, 0.2) is 0 Å². The maximum absolute atomic E-state index is 11.7. The molecule has 1 saturated carbocycles. The van der Waals surface area contributed by atoms with Crippen molar-refractivity contribution in [3.05, 3.63) is 29.8 Å². The van der Waals surface area contributed by atoms with Gasteiger partial charge in [0.1, 0.15) is 0 Å². The van der Waals surface area contributed by atoms with E-state index >= 15 is 0 Å². The van der Waals surface area contributed by atoms with Crippen LogP contribution in [0.1, 0.15) is 24.3 Å². The van der Waals surface area contributed by atoms with Crippen molar-refractivity contribution in [3.63, 3.8) is 0 Å². The molecule has 4 heteroatoms. The summed E-state index contributed by atoms with van der Waals surface area (Å²) in [4.78, 5) is 0. The molecule has 1 unspecified atom stereocenters. The lowest BCUT2D eigenvalue weighted by Crippen LogP contribution is -2.44. The van der Waals surface area contributed by atoms with Crippen LogP contribution in [0.3, 0.4) is 0 Å². The van der Waals surface area contributed by atoms with E-state index in [0.29, 0.717) is 0 Å². The summed E-state index contributed by atoms with van der Waals surface area (Å²) in [7, 11) is -3.09. The first-order chi connectivity index (χ1) is 6.68. The van der Waals surface area contributed by atoms with Gasteiger partial charge in [0, 0.05) is 5.92 Å². The summed E-state index contributed by atoms with van der Waals surface area (Å²) in [5, 5.41) is -0.183. The van der Waals surface area contributed by atoms with Gasteiger partial charge in [-0.1, -0.05) is 18.2 Å². The number of fused-ring (bicyclic) bond motifs is 3. The van der Waals surface area contributed by atoms with Crippen molar-refractivity contribution in [1.29, 1.82) is 0 Å². The third kappa shape index (κ3) is 0.945. The number of hydrogen-bond donors (Lipinski definition) is 1. The van der Waals surface area contributed by atoms with Crippen molar-refractivity contribution in [1.82, 2.24) is 0 Å². The molecule has 0 radical (unpaired) electrons. The van der Waals surface area contributed by atoms with E-state index in [4.69, 9.17) is 0 Å². The Morgan fingerprint density at radius 1 is 1.21 bits per heavy atom. The first-order valence-electron chi connectivity index (χ1n) is 4.79. The van der Waals surface area contributed by atoms with E-state index in [1.807, 2.05) is 24.3 Å². The maximum atomic E-state index is 11.7. The van der Waals surface area contributed by atoms with Crippen LogP contribution in [0.5, 0.6) is 0 Å². The molecule has 1 N–H and O–H groups in total. The Bertz CT molecular complexity index is 481. The van der Waals surface area contributed by atoms with Gasteiger partial charge in [0.25, 0.3) is 0 Å². The number of para-hydroxylation sites is 1. The normalized spacial score (nSPS) is 32.0. The van der Waals surface area contributed by atoms with Gasteiger partial charge in [-0.2, -0.15) is 0 Å². The van der Waals surface area contributed by atoms with E-state index in [0.717, 1.165) is 18.5 Å². The topological polar surface area (TPSA) is 46.2 Å². The maximum Gasteiger partial charge on any atom is 0.236 e. The summed E-state index contributed by atoms with van der Waals surface area (Å²) >= 11 is 0. The Kier molecular flexibility index (Phi) is 1.49.